The van der Waals surface area contributed by atoms with Gasteiger partial charge in [-0.2, -0.15) is 5.26 Å². The maximum atomic E-state index is 12.5. The number of rotatable bonds is 5. The number of aromatic nitrogens is 1. The lowest BCUT2D eigenvalue weighted by Crippen LogP contribution is -2.16. The molecule has 29 heavy (non-hydrogen) atoms. The fourth-order valence-electron chi connectivity index (χ4n) is 3.50. The van der Waals surface area contributed by atoms with Gasteiger partial charge in [0.05, 0.1) is 17.0 Å². The monoisotopic (exact) mass is 531 g/mol. The maximum Gasteiger partial charge on any atom is 0.234 e. The van der Waals surface area contributed by atoms with E-state index in [4.69, 9.17) is 4.98 Å². The Labute approximate surface area is 191 Å². The van der Waals surface area contributed by atoms with Gasteiger partial charge < -0.3 is 5.32 Å². The van der Waals surface area contributed by atoms with Crippen LogP contribution in [0.4, 0.5) is 5.69 Å². The molecule has 0 atom stereocenters. The topological polar surface area (TPSA) is 65.8 Å². The number of pyridine rings is 1. The molecule has 0 spiro atoms. The SMILES string of the molecule is N#Cc1c(SCC(=O)Nc2ccccc2I)nc2c(c1-c1cccs1)CCCC2. The van der Waals surface area contributed by atoms with E-state index in [0.29, 0.717) is 10.6 Å². The van der Waals surface area contributed by atoms with Gasteiger partial charge in [0.2, 0.25) is 5.91 Å². The van der Waals surface area contributed by atoms with Crippen molar-refractivity contribution in [2.45, 2.75) is 30.7 Å². The summed E-state index contributed by atoms with van der Waals surface area (Å²) in [5, 5.41) is 15.6. The summed E-state index contributed by atoms with van der Waals surface area (Å²) in [5.41, 5.74) is 4.71. The lowest BCUT2D eigenvalue weighted by atomic mass is 9.89. The van der Waals surface area contributed by atoms with Gasteiger partial charge >= 0.3 is 0 Å². The maximum absolute atomic E-state index is 12.5. The molecule has 2 heterocycles. The zero-order valence-electron chi connectivity index (χ0n) is 15.6. The van der Waals surface area contributed by atoms with Crippen molar-refractivity contribution in [2.75, 3.05) is 11.1 Å². The predicted molar refractivity (Wildman–Crippen MR) is 127 cm³/mol. The van der Waals surface area contributed by atoms with Crippen molar-refractivity contribution < 1.29 is 4.79 Å². The molecule has 0 saturated carbocycles. The molecule has 1 aliphatic rings. The molecular formula is C22H18IN3OS2. The second-order valence-corrected chi connectivity index (χ2v) is 9.78. The lowest BCUT2D eigenvalue weighted by molar-refractivity contribution is -0.113. The van der Waals surface area contributed by atoms with Crippen molar-refractivity contribution in [3.05, 3.63) is 62.2 Å². The number of carbonyl (C=O) groups excluding carboxylic acids is 1. The third kappa shape index (κ3) is 4.49. The van der Waals surface area contributed by atoms with Gasteiger partial charge in [-0.1, -0.05) is 30.0 Å². The molecule has 0 aliphatic heterocycles. The Hall–Kier alpha value is -1.89. The van der Waals surface area contributed by atoms with Crippen LogP contribution in [0.1, 0.15) is 29.7 Å². The first-order valence-electron chi connectivity index (χ1n) is 9.34. The highest BCUT2D eigenvalue weighted by molar-refractivity contribution is 14.1. The summed E-state index contributed by atoms with van der Waals surface area (Å²) in [7, 11) is 0. The van der Waals surface area contributed by atoms with Crippen LogP contribution in [-0.2, 0) is 17.6 Å². The molecule has 4 rings (SSSR count). The summed E-state index contributed by atoms with van der Waals surface area (Å²) in [4.78, 5) is 18.4. The van der Waals surface area contributed by atoms with Crippen molar-refractivity contribution in [1.82, 2.24) is 4.98 Å². The van der Waals surface area contributed by atoms with Gasteiger partial charge in [0.15, 0.2) is 0 Å². The molecule has 1 amide bonds. The number of nitrogens with one attached hydrogen (secondary N) is 1. The Balaban J connectivity index is 1.62. The third-order valence-electron chi connectivity index (χ3n) is 4.81. The minimum atomic E-state index is -0.0970. The van der Waals surface area contributed by atoms with Crippen LogP contribution in [-0.4, -0.2) is 16.6 Å². The van der Waals surface area contributed by atoms with Crippen LogP contribution in [0, 0.1) is 14.9 Å². The fraction of sp³-hybridized carbons (Fsp3) is 0.227. The van der Waals surface area contributed by atoms with E-state index in [1.165, 1.54) is 17.3 Å². The van der Waals surface area contributed by atoms with E-state index in [-0.39, 0.29) is 11.7 Å². The van der Waals surface area contributed by atoms with Crippen molar-refractivity contribution >= 4 is 57.3 Å². The van der Waals surface area contributed by atoms with Gasteiger partial charge in [0.25, 0.3) is 0 Å². The highest BCUT2D eigenvalue weighted by Gasteiger charge is 2.24. The summed E-state index contributed by atoms with van der Waals surface area (Å²) >= 11 is 5.20. The number of thioether (sulfide) groups is 1. The summed E-state index contributed by atoms with van der Waals surface area (Å²) in [5.74, 6) is 0.121. The summed E-state index contributed by atoms with van der Waals surface area (Å²) < 4.78 is 0.994. The Morgan fingerprint density at radius 1 is 1.24 bits per heavy atom. The number of carbonyl (C=O) groups is 1. The number of thiophene rings is 1. The predicted octanol–water partition coefficient (Wildman–Crippen LogP) is 5.90. The van der Waals surface area contributed by atoms with E-state index >= 15 is 0 Å². The van der Waals surface area contributed by atoms with Crippen LogP contribution in [0.15, 0.2) is 46.8 Å². The summed E-state index contributed by atoms with van der Waals surface area (Å²) in [6.07, 6.45) is 4.14. The van der Waals surface area contributed by atoms with Gasteiger partial charge in [0, 0.05) is 19.7 Å². The Kier molecular flexibility index (Phi) is 6.53. The van der Waals surface area contributed by atoms with Crippen molar-refractivity contribution in [3.63, 3.8) is 0 Å². The van der Waals surface area contributed by atoms with E-state index in [1.807, 2.05) is 35.7 Å². The average molecular weight is 531 g/mol. The van der Waals surface area contributed by atoms with Crippen LogP contribution in [0.5, 0.6) is 0 Å². The Morgan fingerprint density at radius 2 is 2.07 bits per heavy atom. The largest absolute Gasteiger partial charge is 0.324 e. The number of nitrogens with zero attached hydrogens (tertiary/aromatic N) is 2. The fourth-order valence-corrected chi connectivity index (χ4v) is 5.64. The second-order valence-electron chi connectivity index (χ2n) is 6.71. The number of amides is 1. The minimum absolute atomic E-state index is 0.0970. The molecule has 1 aliphatic carbocycles. The van der Waals surface area contributed by atoms with Crippen LogP contribution < -0.4 is 5.32 Å². The van der Waals surface area contributed by atoms with E-state index in [1.54, 1.807) is 11.3 Å². The first-order valence-corrected chi connectivity index (χ1v) is 12.3. The Morgan fingerprint density at radius 3 is 2.83 bits per heavy atom. The third-order valence-corrected chi connectivity index (χ3v) is 7.61. The number of hydrogen-bond acceptors (Lipinski definition) is 5. The number of para-hydroxylation sites is 1. The van der Waals surface area contributed by atoms with Gasteiger partial charge in [-0.05, 0) is 77.4 Å². The minimum Gasteiger partial charge on any atom is -0.324 e. The number of halogens is 1. The first-order chi connectivity index (χ1) is 14.2. The molecule has 1 aromatic carbocycles. The Bertz CT molecular complexity index is 1090. The molecule has 2 aromatic heterocycles. The molecule has 0 unspecified atom stereocenters. The zero-order valence-corrected chi connectivity index (χ0v) is 19.4. The van der Waals surface area contributed by atoms with Crippen LogP contribution in [0.25, 0.3) is 10.4 Å². The molecule has 0 bridgehead atoms. The smallest absolute Gasteiger partial charge is 0.234 e. The highest BCUT2D eigenvalue weighted by Crippen LogP contribution is 2.39. The van der Waals surface area contributed by atoms with Crippen molar-refractivity contribution in [1.29, 1.82) is 5.26 Å². The molecule has 0 saturated heterocycles. The standard InChI is InChI=1S/C22H18IN3OS2/c23-16-7-2-4-9-18(16)25-20(27)13-29-22-15(12-24)21(19-10-5-11-28-19)14-6-1-3-8-17(14)26-22/h2,4-5,7,9-11H,1,3,6,8,13H2,(H,25,27). The van der Waals surface area contributed by atoms with Crippen LogP contribution in [0.3, 0.4) is 0 Å². The molecular weight excluding hydrogens is 513 g/mol. The molecule has 146 valence electrons. The van der Waals surface area contributed by atoms with Gasteiger partial charge in [-0.3, -0.25) is 4.79 Å². The van der Waals surface area contributed by atoms with Crippen molar-refractivity contribution in [3.8, 4) is 16.5 Å². The summed E-state index contributed by atoms with van der Waals surface area (Å²) in [6.45, 7) is 0. The number of anilines is 1. The normalized spacial score (nSPS) is 12.8. The highest BCUT2D eigenvalue weighted by atomic mass is 127. The second kappa shape index (κ2) is 9.28. The lowest BCUT2D eigenvalue weighted by Gasteiger charge is -2.21. The number of benzene rings is 1. The number of fused-ring (bicyclic) bond motifs is 1. The van der Waals surface area contributed by atoms with Crippen molar-refractivity contribution in [2.24, 2.45) is 0 Å². The van der Waals surface area contributed by atoms with E-state index in [0.717, 1.165) is 51.1 Å². The van der Waals surface area contributed by atoms with Gasteiger partial charge in [-0.25, -0.2) is 4.98 Å². The quantitative estimate of drug-likeness (QED) is 0.329. The van der Waals surface area contributed by atoms with E-state index in [9.17, 15) is 10.1 Å². The molecule has 1 N–H and O–H groups in total. The molecule has 0 fully saturated rings. The number of hydrogen-bond donors (Lipinski definition) is 1. The molecule has 7 heteroatoms. The van der Waals surface area contributed by atoms with Crippen LogP contribution >= 0.6 is 45.7 Å². The molecule has 0 radical (unpaired) electrons. The average Bonchev–Trinajstić information content (AvgIpc) is 3.27. The molecule has 3 aromatic rings. The summed E-state index contributed by atoms with van der Waals surface area (Å²) in [6, 6.07) is 14.1. The zero-order chi connectivity index (χ0) is 20.2. The van der Waals surface area contributed by atoms with Crippen LogP contribution in [0.2, 0.25) is 0 Å². The van der Waals surface area contributed by atoms with Gasteiger partial charge in [0.1, 0.15) is 11.1 Å². The van der Waals surface area contributed by atoms with E-state index < -0.39 is 0 Å². The number of aryl methyl sites for hydroxylation is 1. The number of nitriles is 1. The van der Waals surface area contributed by atoms with Gasteiger partial charge in [-0.15, -0.1) is 11.3 Å². The first kappa shape index (κ1) is 20.4. The molecule has 4 nitrogen and oxygen atoms in total. The van der Waals surface area contributed by atoms with E-state index in [2.05, 4.69) is 40.0 Å².